The van der Waals surface area contributed by atoms with Crippen molar-refractivity contribution in [1.29, 1.82) is 0 Å². The Morgan fingerprint density at radius 2 is 1.75 bits per heavy atom. The summed E-state index contributed by atoms with van der Waals surface area (Å²) in [6, 6.07) is 7.70. The second-order valence-corrected chi connectivity index (χ2v) is 4.83. The Balaban J connectivity index is 2.63. The largest absolute Gasteiger partial charge is 0.508 e. The van der Waals surface area contributed by atoms with Crippen molar-refractivity contribution in [2.75, 3.05) is 0 Å². The monoisotopic (exact) mass is 220 g/mol. The standard InChI is InChI=1S/C15H24O/c1-4-6-12(3)11-13(5-2)14-7-9-15(16)10-8-14/h7-10,12-13,16H,4-6,11H2,1-3H3. The summed E-state index contributed by atoms with van der Waals surface area (Å²) in [5.41, 5.74) is 1.36. The molecule has 0 saturated carbocycles. The molecular formula is C15H24O. The van der Waals surface area contributed by atoms with Gasteiger partial charge in [-0.2, -0.15) is 0 Å². The fraction of sp³-hybridized carbons (Fsp3) is 0.600. The Bertz CT molecular complexity index is 289. The van der Waals surface area contributed by atoms with Crippen molar-refractivity contribution in [3.05, 3.63) is 29.8 Å². The number of phenolic OH excluding ortho intramolecular Hbond substituents is 1. The van der Waals surface area contributed by atoms with Crippen molar-refractivity contribution >= 4 is 0 Å². The molecule has 0 amide bonds. The second-order valence-electron chi connectivity index (χ2n) is 4.83. The summed E-state index contributed by atoms with van der Waals surface area (Å²) in [5.74, 6) is 1.80. The minimum absolute atomic E-state index is 0.361. The predicted molar refractivity (Wildman–Crippen MR) is 69.8 cm³/mol. The predicted octanol–water partition coefficient (Wildman–Crippen LogP) is 4.71. The van der Waals surface area contributed by atoms with Crippen LogP contribution in [0.15, 0.2) is 24.3 Å². The van der Waals surface area contributed by atoms with Gasteiger partial charge in [-0.15, -0.1) is 0 Å². The third kappa shape index (κ3) is 3.88. The Kier molecular flexibility index (Phi) is 5.37. The van der Waals surface area contributed by atoms with Crippen molar-refractivity contribution in [2.24, 2.45) is 5.92 Å². The molecule has 1 N–H and O–H groups in total. The molecule has 1 heteroatoms. The van der Waals surface area contributed by atoms with E-state index < -0.39 is 0 Å². The summed E-state index contributed by atoms with van der Waals surface area (Å²) < 4.78 is 0. The summed E-state index contributed by atoms with van der Waals surface area (Å²) >= 11 is 0. The molecule has 0 aliphatic carbocycles. The fourth-order valence-corrected chi connectivity index (χ4v) is 2.38. The number of hydrogen-bond acceptors (Lipinski definition) is 1. The maximum absolute atomic E-state index is 9.28. The normalized spacial score (nSPS) is 14.7. The molecule has 0 bridgehead atoms. The zero-order valence-electron chi connectivity index (χ0n) is 10.7. The van der Waals surface area contributed by atoms with Crippen LogP contribution in [-0.2, 0) is 0 Å². The lowest BCUT2D eigenvalue weighted by molar-refractivity contribution is 0.427. The molecule has 90 valence electrons. The van der Waals surface area contributed by atoms with Crippen LogP contribution in [0.2, 0.25) is 0 Å². The zero-order chi connectivity index (χ0) is 12.0. The molecule has 0 heterocycles. The Labute approximate surface area is 99.5 Å². The van der Waals surface area contributed by atoms with Crippen molar-refractivity contribution in [2.45, 2.75) is 52.4 Å². The molecule has 0 aliphatic heterocycles. The van der Waals surface area contributed by atoms with E-state index in [1.807, 2.05) is 0 Å². The van der Waals surface area contributed by atoms with E-state index in [0.717, 1.165) is 5.92 Å². The zero-order valence-corrected chi connectivity index (χ0v) is 10.7. The molecule has 1 nitrogen and oxygen atoms in total. The van der Waals surface area contributed by atoms with Gasteiger partial charge in [-0.3, -0.25) is 0 Å². The van der Waals surface area contributed by atoms with Crippen LogP contribution in [0.1, 0.15) is 57.9 Å². The third-order valence-electron chi connectivity index (χ3n) is 3.33. The molecule has 0 fully saturated rings. The molecule has 0 aromatic heterocycles. The number of phenols is 1. The second kappa shape index (κ2) is 6.57. The van der Waals surface area contributed by atoms with Crippen LogP contribution < -0.4 is 0 Å². The van der Waals surface area contributed by atoms with Crippen LogP contribution in [0, 0.1) is 5.92 Å². The van der Waals surface area contributed by atoms with Crippen LogP contribution in [0.3, 0.4) is 0 Å². The van der Waals surface area contributed by atoms with E-state index in [-0.39, 0.29) is 0 Å². The highest BCUT2D eigenvalue weighted by Crippen LogP contribution is 2.29. The third-order valence-corrected chi connectivity index (χ3v) is 3.33. The summed E-state index contributed by atoms with van der Waals surface area (Å²) in [6.45, 7) is 6.83. The first-order valence-corrected chi connectivity index (χ1v) is 6.46. The number of rotatable bonds is 6. The summed E-state index contributed by atoms with van der Waals surface area (Å²) in [4.78, 5) is 0. The van der Waals surface area contributed by atoms with Gasteiger partial charge in [-0.05, 0) is 42.4 Å². The van der Waals surface area contributed by atoms with Crippen molar-refractivity contribution in [3.63, 3.8) is 0 Å². The van der Waals surface area contributed by atoms with Gasteiger partial charge >= 0.3 is 0 Å². The van der Waals surface area contributed by atoms with Crippen LogP contribution in [-0.4, -0.2) is 5.11 Å². The van der Waals surface area contributed by atoms with Gasteiger partial charge in [0.05, 0.1) is 0 Å². The first kappa shape index (κ1) is 13.1. The Hall–Kier alpha value is -0.980. The molecule has 1 aromatic rings. The minimum atomic E-state index is 0.361. The van der Waals surface area contributed by atoms with E-state index in [9.17, 15) is 5.11 Å². The SMILES string of the molecule is CCCC(C)CC(CC)c1ccc(O)cc1. The molecule has 1 aromatic carbocycles. The lowest BCUT2D eigenvalue weighted by atomic mass is 9.86. The van der Waals surface area contributed by atoms with Gasteiger partial charge in [0.15, 0.2) is 0 Å². The van der Waals surface area contributed by atoms with E-state index in [4.69, 9.17) is 0 Å². The number of hydrogen-bond donors (Lipinski definition) is 1. The molecule has 0 saturated heterocycles. The first-order chi connectivity index (χ1) is 7.67. The van der Waals surface area contributed by atoms with Gasteiger partial charge < -0.3 is 5.11 Å². The molecule has 2 atom stereocenters. The summed E-state index contributed by atoms with van der Waals surface area (Å²) in [6.07, 6.45) is 5.02. The van der Waals surface area contributed by atoms with Gasteiger partial charge in [0.2, 0.25) is 0 Å². The lowest BCUT2D eigenvalue weighted by Crippen LogP contribution is -2.04. The number of aromatic hydroxyl groups is 1. The summed E-state index contributed by atoms with van der Waals surface area (Å²) in [5, 5.41) is 9.28. The van der Waals surface area contributed by atoms with E-state index in [1.165, 1.54) is 31.2 Å². The molecule has 16 heavy (non-hydrogen) atoms. The fourth-order valence-electron chi connectivity index (χ4n) is 2.38. The van der Waals surface area contributed by atoms with Gasteiger partial charge in [0.25, 0.3) is 0 Å². The van der Waals surface area contributed by atoms with Crippen LogP contribution in [0.5, 0.6) is 5.75 Å². The van der Waals surface area contributed by atoms with Gasteiger partial charge in [0.1, 0.15) is 5.75 Å². The maximum atomic E-state index is 9.28. The van der Waals surface area contributed by atoms with Crippen molar-refractivity contribution < 1.29 is 5.11 Å². The van der Waals surface area contributed by atoms with Crippen LogP contribution >= 0.6 is 0 Å². The molecule has 2 unspecified atom stereocenters. The first-order valence-electron chi connectivity index (χ1n) is 6.46. The van der Waals surface area contributed by atoms with Gasteiger partial charge in [-0.25, -0.2) is 0 Å². The highest BCUT2D eigenvalue weighted by atomic mass is 16.3. The molecule has 0 spiro atoms. The van der Waals surface area contributed by atoms with Gasteiger partial charge in [-0.1, -0.05) is 45.7 Å². The van der Waals surface area contributed by atoms with Crippen LogP contribution in [0.4, 0.5) is 0 Å². The highest BCUT2D eigenvalue weighted by Gasteiger charge is 2.13. The number of benzene rings is 1. The average Bonchev–Trinajstić information content (AvgIpc) is 2.27. The average molecular weight is 220 g/mol. The lowest BCUT2D eigenvalue weighted by Gasteiger charge is -2.19. The molecular weight excluding hydrogens is 196 g/mol. The maximum Gasteiger partial charge on any atom is 0.115 e. The quantitative estimate of drug-likeness (QED) is 0.736. The van der Waals surface area contributed by atoms with Gasteiger partial charge in [0, 0.05) is 0 Å². The minimum Gasteiger partial charge on any atom is -0.508 e. The summed E-state index contributed by atoms with van der Waals surface area (Å²) in [7, 11) is 0. The van der Waals surface area contributed by atoms with E-state index in [2.05, 4.69) is 32.9 Å². The smallest absolute Gasteiger partial charge is 0.115 e. The van der Waals surface area contributed by atoms with E-state index in [0.29, 0.717) is 11.7 Å². The molecule has 1 rings (SSSR count). The van der Waals surface area contributed by atoms with E-state index >= 15 is 0 Å². The topological polar surface area (TPSA) is 20.2 Å². The highest BCUT2D eigenvalue weighted by molar-refractivity contribution is 5.28. The van der Waals surface area contributed by atoms with Crippen molar-refractivity contribution in [3.8, 4) is 5.75 Å². The molecule has 0 aliphatic rings. The Morgan fingerprint density at radius 3 is 2.25 bits per heavy atom. The van der Waals surface area contributed by atoms with E-state index in [1.54, 1.807) is 12.1 Å². The van der Waals surface area contributed by atoms with Crippen molar-refractivity contribution in [1.82, 2.24) is 0 Å². The van der Waals surface area contributed by atoms with Crippen LogP contribution in [0.25, 0.3) is 0 Å². The Morgan fingerprint density at radius 1 is 1.12 bits per heavy atom. The molecule has 0 radical (unpaired) electrons.